The van der Waals surface area contributed by atoms with Crippen LogP contribution in [0, 0.1) is 16.3 Å². The molecular weight excluding hydrogens is 380 g/mol. The van der Waals surface area contributed by atoms with Crippen molar-refractivity contribution in [2.45, 2.75) is 11.8 Å². The standard InChI is InChI=1S/C13H11FINO2S/c1-9-2-7-12(14)13(8-9)16-19(17,18)11-5-3-10(15)4-6-11/h2-8,16H,1H3. The molecule has 19 heavy (non-hydrogen) atoms. The summed E-state index contributed by atoms with van der Waals surface area (Å²) in [5, 5.41) is 0. The summed E-state index contributed by atoms with van der Waals surface area (Å²) < 4.78 is 40.9. The van der Waals surface area contributed by atoms with Crippen LogP contribution in [0.25, 0.3) is 0 Å². The third-order valence-corrected chi connectivity index (χ3v) is 4.59. The Morgan fingerprint density at radius 2 is 1.74 bits per heavy atom. The number of sulfonamides is 1. The van der Waals surface area contributed by atoms with Gasteiger partial charge in [0.05, 0.1) is 10.6 Å². The van der Waals surface area contributed by atoms with E-state index in [0.29, 0.717) is 0 Å². The second-order valence-electron chi connectivity index (χ2n) is 4.04. The second kappa shape index (κ2) is 5.46. The summed E-state index contributed by atoms with van der Waals surface area (Å²) in [5.41, 5.74) is 0.736. The van der Waals surface area contributed by atoms with Crippen LogP contribution in [-0.4, -0.2) is 8.42 Å². The molecule has 0 radical (unpaired) electrons. The molecule has 0 unspecified atom stereocenters. The molecule has 0 atom stereocenters. The topological polar surface area (TPSA) is 46.2 Å². The zero-order valence-electron chi connectivity index (χ0n) is 10.0. The lowest BCUT2D eigenvalue weighted by Gasteiger charge is -2.09. The summed E-state index contributed by atoms with van der Waals surface area (Å²) in [6.07, 6.45) is 0. The van der Waals surface area contributed by atoms with Gasteiger partial charge in [0, 0.05) is 3.57 Å². The van der Waals surface area contributed by atoms with Gasteiger partial charge in [-0.2, -0.15) is 0 Å². The van der Waals surface area contributed by atoms with E-state index in [1.54, 1.807) is 25.1 Å². The van der Waals surface area contributed by atoms with Crippen molar-refractivity contribution in [3.8, 4) is 0 Å². The van der Waals surface area contributed by atoms with Crippen molar-refractivity contribution in [2.24, 2.45) is 0 Å². The van der Waals surface area contributed by atoms with Crippen LogP contribution in [0.4, 0.5) is 10.1 Å². The quantitative estimate of drug-likeness (QED) is 0.814. The van der Waals surface area contributed by atoms with E-state index >= 15 is 0 Å². The van der Waals surface area contributed by atoms with Crippen molar-refractivity contribution in [2.75, 3.05) is 4.72 Å². The van der Waals surface area contributed by atoms with E-state index in [1.807, 2.05) is 0 Å². The van der Waals surface area contributed by atoms with Crippen LogP contribution in [0.3, 0.4) is 0 Å². The van der Waals surface area contributed by atoms with Gasteiger partial charge in [-0.05, 0) is 71.5 Å². The number of anilines is 1. The van der Waals surface area contributed by atoms with Gasteiger partial charge in [-0.15, -0.1) is 0 Å². The molecule has 1 N–H and O–H groups in total. The number of halogens is 2. The zero-order valence-corrected chi connectivity index (χ0v) is 13.0. The monoisotopic (exact) mass is 391 g/mol. The summed E-state index contributed by atoms with van der Waals surface area (Å²) in [7, 11) is -3.76. The molecule has 2 aromatic rings. The van der Waals surface area contributed by atoms with E-state index in [1.165, 1.54) is 24.3 Å². The molecular formula is C13H11FINO2S. The highest BCUT2D eigenvalue weighted by molar-refractivity contribution is 14.1. The molecule has 0 amide bonds. The summed E-state index contributed by atoms with van der Waals surface area (Å²) in [4.78, 5) is 0.105. The Morgan fingerprint density at radius 1 is 1.11 bits per heavy atom. The van der Waals surface area contributed by atoms with E-state index in [2.05, 4.69) is 27.3 Å². The lowest BCUT2D eigenvalue weighted by atomic mass is 10.2. The Balaban J connectivity index is 2.36. The smallest absolute Gasteiger partial charge is 0.261 e. The number of nitrogens with one attached hydrogen (secondary N) is 1. The van der Waals surface area contributed by atoms with Crippen molar-refractivity contribution in [3.05, 3.63) is 57.4 Å². The second-order valence-corrected chi connectivity index (χ2v) is 6.97. The first-order valence-electron chi connectivity index (χ1n) is 5.43. The van der Waals surface area contributed by atoms with Gasteiger partial charge in [-0.25, -0.2) is 12.8 Å². The van der Waals surface area contributed by atoms with Crippen LogP contribution in [0.5, 0.6) is 0 Å². The van der Waals surface area contributed by atoms with E-state index in [-0.39, 0.29) is 10.6 Å². The third kappa shape index (κ3) is 3.44. The van der Waals surface area contributed by atoms with Crippen molar-refractivity contribution in [3.63, 3.8) is 0 Å². The fourth-order valence-corrected chi connectivity index (χ4v) is 2.95. The van der Waals surface area contributed by atoms with Crippen molar-refractivity contribution >= 4 is 38.3 Å². The van der Waals surface area contributed by atoms with Gasteiger partial charge in [0.1, 0.15) is 5.82 Å². The summed E-state index contributed by atoms with van der Waals surface area (Å²) in [5.74, 6) is -0.598. The highest BCUT2D eigenvalue weighted by atomic mass is 127. The highest BCUT2D eigenvalue weighted by Gasteiger charge is 2.16. The summed E-state index contributed by atoms with van der Waals surface area (Å²) in [6, 6.07) is 10.6. The largest absolute Gasteiger partial charge is 0.277 e. The van der Waals surface area contributed by atoms with E-state index in [9.17, 15) is 12.8 Å². The minimum atomic E-state index is -3.76. The number of hydrogen-bond acceptors (Lipinski definition) is 2. The van der Waals surface area contributed by atoms with Crippen LogP contribution >= 0.6 is 22.6 Å². The maximum absolute atomic E-state index is 13.6. The number of benzene rings is 2. The van der Waals surface area contributed by atoms with Gasteiger partial charge in [-0.1, -0.05) is 6.07 Å². The average Bonchev–Trinajstić information content (AvgIpc) is 2.34. The van der Waals surface area contributed by atoms with Crippen LogP contribution in [0.2, 0.25) is 0 Å². The van der Waals surface area contributed by atoms with E-state index in [4.69, 9.17) is 0 Å². The molecule has 0 saturated heterocycles. The predicted octanol–water partition coefficient (Wildman–Crippen LogP) is 3.54. The Bertz CT molecular complexity index is 699. The normalized spacial score (nSPS) is 11.3. The van der Waals surface area contributed by atoms with Crippen molar-refractivity contribution in [1.29, 1.82) is 0 Å². The molecule has 0 bridgehead atoms. The molecule has 2 aromatic carbocycles. The van der Waals surface area contributed by atoms with E-state index < -0.39 is 15.8 Å². The molecule has 0 spiro atoms. The lowest BCUT2D eigenvalue weighted by Crippen LogP contribution is -2.14. The Labute approximate surface area is 125 Å². The van der Waals surface area contributed by atoms with Gasteiger partial charge in [-0.3, -0.25) is 4.72 Å². The van der Waals surface area contributed by atoms with Crippen molar-refractivity contribution < 1.29 is 12.8 Å². The lowest BCUT2D eigenvalue weighted by molar-refractivity contribution is 0.598. The number of rotatable bonds is 3. The van der Waals surface area contributed by atoms with Crippen molar-refractivity contribution in [1.82, 2.24) is 0 Å². The van der Waals surface area contributed by atoms with Gasteiger partial charge in [0.2, 0.25) is 0 Å². The predicted molar refractivity (Wildman–Crippen MR) is 81.1 cm³/mol. The van der Waals surface area contributed by atoms with Gasteiger partial charge in [0.25, 0.3) is 10.0 Å². The Morgan fingerprint density at radius 3 is 2.37 bits per heavy atom. The van der Waals surface area contributed by atoms with Crippen LogP contribution < -0.4 is 4.72 Å². The number of hydrogen-bond donors (Lipinski definition) is 1. The van der Waals surface area contributed by atoms with Gasteiger partial charge < -0.3 is 0 Å². The fourth-order valence-electron chi connectivity index (χ4n) is 1.53. The number of aryl methyl sites for hydroxylation is 1. The average molecular weight is 391 g/mol. The molecule has 0 aliphatic heterocycles. The fraction of sp³-hybridized carbons (Fsp3) is 0.0769. The SMILES string of the molecule is Cc1ccc(F)c(NS(=O)(=O)c2ccc(I)cc2)c1. The van der Waals surface area contributed by atoms with Gasteiger partial charge >= 0.3 is 0 Å². The zero-order chi connectivity index (χ0) is 14.0. The molecule has 6 heteroatoms. The van der Waals surface area contributed by atoms with Crippen LogP contribution in [-0.2, 0) is 10.0 Å². The summed E-state index contributed by atoms with van der Waals surface area (Å²) >= 11 is 2.08. The Hall–Kier alpha value is -1.15. The molecule has 0 fully saturated rings. The highest BCUT2D eigenvalue weighted by Crippen LogP contribution is 2.20. The first kappa shape index (κ1) is 14.3. The molecule has 0 aromatic heterocycles. The Kier molecular flexibility index (Phi) is 4.10. The first-order chi connectivity index (χ1) is 8.88. The van der Waals surface area contributed by atoms with Gasteiger partial charge in [0.15, 0.2) is 0 Å². The molecule has 2 rings (SSSR count). The minimum Gasteiger partial charge on any atom is -0.277 e. The molecule has 0 aliphatic rings. The molecule has 0 saturated carbocycles. The molecule has 0 aliphatic carbocycles. The minimum absolute atomic E-state index is 0.0430. The van der Waals surface area contributed by atoms with E-state index in [0.717, 1.165) is 9.13 Å². The summed E-state index contributed by atoms with van der Waals surface area (Å²) in [6.45, 7) is 1.77. The first-order valence-corrected chi connectivity index (χ1v) is 7.99. The maximum Gasteiger partial charge on any atom is 0.261 e. The molecule has 0 heterocycles. The molecule has 3 nitrogen and oxygen atoms in total. The van der Waals surface area contributed by atoms with Crippen LogP contribution in [0.15, 0.2) is 47.4 Å². The van der Waals surface area contributed by atoms with Crippen LogP contribution in [0.1, 0.15) is 5.56 Å². The maximum atomic E-state index is 13.6. The third-order valence-electron chi connectivity index (χ3n) is 2.49. The molecule has 100 valence electrons.